The van der Waals surface area contributed by atoms with Crippen molar-refractivity contribution in [3.8, 4) is 0 Å². The van der Waals surface area contributed by atoms with Gasteiger partial charge in [-0.15, -0.1) is 11.3 Å². The Morgan fingerprint density at radius 1 is 1.67 bits per heavy atom. The summed E-state index contributed by atoms with van der Waals surface area (Å²) >= 11 is 4.74. The lowest BCUT2D eigenvalue weighted by Crippen LogP contribution is -2.23. The van der Waals surface area contributed by atoms with E-state index in [4.69, 9.17) is 0 Å². The zero-order valence-corrected chi connectivity index (χ0v) is 11.3. The van der Waals surface area contributed by atoms with Gasteiger partial charge in [-0.2, -0.15) is 0 Å². The van der Waals surface area contributed by atoms with E-state index in [0.717, 1.165) is 15.8 Å². The van der Waals surface area contributed by atoms with Gasteiger partial charge in [-0.05, 0) is 25.0 Å². The van der Waals surface area contributed by atoms with E-state index in [1.54, 1.807) is 11.3 Å². The summed E-state index contributed by atoms with van der Waals surface area (Å²) in [5, 5.41) is 2.79. The molecule has 0 unspecified atom stereocenters. The number of hydrogen-bond donors (Lipinski definition) is 1. The van der Waals surface area contributed by atoms with Crippen LogP contribution in [0.2, 0.25) is 0 Å². The first-order chi connectivity index (χ1) is 7.04. The normalized spacial score (nSPS) is 10.1. The Balaban J connectivity index is 2.69. The molecule has 0 spiro atoms. The van der Waals surface area contributed by atoms with Gasteiger partial charge in [0.1, 0.15) is 0 Å². The van der Waals surface area contributed by atoms with Gasteiger partial charge in [-0.25, -0.2) is 0 Å². The van der Waals surface area contributed by atoms with Crippen LogP contribution >= 0.6 is 27.3 Å². The van der Waals surface area contributed by atoms with Crippen LogP contribution in [0.4, 0.5) is 0 Å². The van der Waals surface area contributed by atoms with Gasteiger partial charge in [0.2, 0.25) is 0 Å². The Kier molecular flexibility index (Phi) is 4.54. The number of thiophene rings is 1. The first kappa shape index (κ1) is 12.5. The Morgan fingerprint density at radius 2 is 2.33 bits per heavy atom. The minimum Gasteiger partial charge on any atom is -0.347 e. The molecule has 1 amide bonds. The molecule has 1 N–H and O–H groups in total. The monoisotopic (exact) mass is 287 g/mol. The topological polar surface area (TPSA) is 29.1 Å². The van der Waals surface area contributed by atoms with Crippen molar-refractivity contribution in [2.75, 3.05) is 6.54 Å². The average Bonchev–Trinajstić information content (AvgIpc) is 2.56. The summed E-state index contributed by atoms with van der Waals surface area (Å²) in [6.45, 7) is 8.27. The highest BCUT2D eigenvalue weighted by Gasteiger charge is 2.10. The highest BCUT2D eigenvalue weighted by molar-refractivity contribution is 9.11. The van der Waals surface area contributed by atoms with E-state index < -0.39 is 0 Å². The fraction of sp³-hybridized carbons (Fsp3) is 0.364. The van der Waals surface area contributed by atoms with Crippen molar-refractivity contribution < 1.29 is 4.79 Å². The van der Waals surface area contributed by atoms with Crippen molar-refractivity contribution in [1.29, 1.82) is 0 Å². The SMILES string of the molecule is C=C(Br)CNC(=O)c1cc(CC)c(C)s1. The Morgan fingerprint density at radius 3 is 2.80 bits per heavy atom. The Bertz CT molecular complexity index is 384. The second-order valence-corrected chi connectivity index (χ2v) is 5.62. The maximum Gasteiger partial charge on any atom is 0.261 e. The molecule has 0 aliphatic rings. The quantitative estimate of drug-likeness (QED) is 0.905. The van der Waals surface area contributed by atoms with Gasteiger partial charge in [0.15, 0.2) is 0 Å². The maximum atomic E-state index is 11.7. The lowest BCUT2D eigenvalue weighted by atomic mass is 10.2. The van der Waals surface area contributed by atoms with Gasteiger partial charge in [0.05, 0.1) is 4.88 Å². The molecule has 0 fully saturated rings. The molecular weight excluding hydrogens is 274 g/mol. The second-order valence-electron chi connectivity index (χ2n) is 3.25. The predicted octanol–water partition coefficient (Wildman–Crippen LogP) is 3.26. The highest BCUT2D eigenvalue weighted by Crippen LogP contribution is 2.21. The van der Waals surface area contributed by atoms with Crippen molar-refractivity contribution in [2.45, 2.75) is 20.3 Å². The first-order valence-electron chi connectivity index (χ1n) is 4.75. The van der Waals surface area contributed by atoms with Crippen molar-refractivity contribution in [3.05, 3.63) is 32.4 Å². The van der Waals surface area contributed by atoms with E-state index in [0.29, 0.717) is 6.54 Å². The van der Waals surface area contributed by atoms with E-state index in [1.165, 1.54) is 10.4 Å². The predicted molar refractivity (Wildman–Crippen MR) is 68.8 cm³/mol. The molecule has 4 heteroatoms. The van der Waals surface area contributed by atoms with Gasteiger partial charge in [0.25, 0.3) is 5.91 Å². The lowest BCUT2D eigenvalue weighted by Gasteiger charge is -2.00. The van der Waals surface area contributed by atoms with Crippen LogP contribution < -0.4 is 5.32 Å². The molecule has 0 atom stereocenters. The third kappa shape index (κ3) is 3.47. The molecule has 0 aromatic carbocycles. The van der Waals surface area contributed by atoms with Crippen LogP contribution in [0, 0.1) is 6.92 Å². The number of rotatable bonds is 4. The number of nitrogens with one attached hydrogen (secondary N) is 1. The van der Waals surface area contributed by atoms with Crippen LogP contribution in [0.25, 0.3) is 0 Å². The highest BCUT2D eigenvalue weighted by atomic mass is 79.9. The van der Waals surface area contributed by atoms with Crippen LogP contribution in [0.15, 0.2) is 17.1 Å². The summed E-state index contributed by atoms with van der Waals surface area (Å²) in [6, 6.07) is 1.96. The molecule has 0 saturated heterocycles. The second kappa shape index (κ2) is 5.47. The first-order valence-corrected chi connectivity index (χ1v) is 6.36. The fourth-order valence-corrected chi connectivity index (χ4v) is 2.42. The average molecular weight is 288 g/mol. The van der Waals surface area contributed by atoms with Gasteiger partial charge in [-0.1, -0.05) is 29.4 Å². The molecule has 1 rings (SSSR count). The largest absolute Gasteiger partial charge is 0.347 e. The Labute approximate surface area is 103 Å². The summed E-state index contributed by atoms with van der Waals surface area (Å²) in [5.74, 6) is -0.0246. The van der Waals surface area contributed by atoms with E-state index >= 15 is 0 Å². The lowest BCUT2D eigenvalue weighted by molar-refractivity contribution is 0.0962. The molecule has 1 heterocycles. The van der Waals surface area contributed by atoms with E-state index in [1.807, 2.05) is 13.0 Å². The molecule has 0 radical (unpaired) electrons. The molecule has 0 saturated carbocycles. The molecule has 2 nitrogen and oxygen atoms in total. The van der Waals surface area contributed by atoms with Crippen LogP contribution in [-0.2, 0) is 6.42 Å². The zero-order valence-electron chi connectivity index (χ0n) is 8.89. The number of aryl methyl sites for hydroxylation is 2. The van der Waals surface area contributed by atoms with Crippen molar-refractivity contribution in [1.82, 2.24) is 5.32 Å². The summed E-state index contributed by atoms with van der Waals surface area (Å²) in [5.41, 5.74) is 1.25. The summed E-state index contributed by atoms with van der Waals surface area (Å²) < 4.78 is 0.778. The maximum absolute atomic E-state index is 11.7. The molecule has 0 aliphatic carbocycles. The molecule has 1 aromatic heterocycles. The third-order valence-corrected chi connectivity index (χ3v) is 3.44. The minimum atomic E-state index is -0.0246. The van der Waals surface area contributed by atoms with Gasteiger partial charge in [-0.3, -0.25) is 4.79 Å². The summed E-state index contributed by atoms with van der Waals surface area (Å²) in [7, 11) is 0. The summed E-state index contributed by atoms with van der Waals surface area (Å²) in [6.07, 6.45) is 0.973. The number of carbonyl (C=O) groups is 1. The third-order valence-electron chi connectivity index (χ3n) is 2.07. The van der Waals surface area contributed by atoms with Crippen LogP contribution in [-0.4, -0.2) is 12.5 Å². The molecule has 82 valence electrons. The number of carbonyl (C=O) groups excluding carboxylic acids is 1. The van der Waals surface area contributed by atoms with Crippen LogP contribution in [0.1, 0.15) is 27.0 Å². The van der Waals surface area contributed by atoms with E-state index in [9.17, 15) is 4.79 Å². The Hall–Kier alpha value is -0.610. The van der Waals surface area contributed by atoms with Crippen molar-refractivity contribution in [3.63, 3.8) is 0 Å². The minimum absolute atomic E-state index is 0.0246. The molecule has 15 heavy (non-hydrogen) atoms. The van der Waals surface area contributed by atoms with Crippen molar-refractivity contribution in [2.24, 2.45) is 0 Å². The van der Waals surface area contributed by atoms with E-state index in [2.05, 4.69) is 34.7 Å². The molecule has 0 bridgehead atoms. The van der Waals surface area contributed by atoms with Crippen molar-refractivity contribution >= 4 is 33.2 Å². The van der Waals surface area contributed by atoms with Gasteiger partial charge in [0, 0.05) is 15.9 Å². The molecule has 0 aliphatic heterocycles. The van der Waals surface area contributed by atoms with Crippen LogP contribution in [0.3, 0.4) is 0 Å². The number of amides is 1. The van der Waals surface area contributed by atoms with Gasteiger partial charge >= 0.3 is 0 Å². The van der Waals surface area contributed by atoms with E-state index in [-0.39, 0.29) is 5.91 Å². The van der Waals surface area contributed by atoms with Crippen LogP contribution in [0.5, 0.6) is 0 Å². The molecule has 1 aromatic rings. The van der Waals surface area contributed by atoms with Gasteiger partial charge < -0.3 is 5.32 Å². The molecular formula is C11H14BrNOS. The summed E-state index contributed by atoms with van der Waals surface area (Å²) in [4.78, 5) is 13.7. The standard InChI is InChI=1S/C11H14BrNOS/c1-4-9-5-10(15-8(9)3)11(14)13-6-7(2)12/h5H,2,4,6H2,1,3H3,(H,13,14). The fourth-order valence-electron chi connectivity index (χ4n) is 1.25. The number of hydrogen-bond acceptors (Lipinski definition) is 2. The number of halogens is 1. The smallest absolute Gasteiger partial charge is 0.261 e. The zero-order chi connectivity index (χ0) is 11.4.